The third-order valence-electron chi connectivity index (χ3n) is 5.27. The molecule has 0 saturated heterocycles. The van der Waals surface area contributed by atoms with Crippen molar-refractivity contribution in [1.82, 2.24) is 14.2 Å². The van der Waals surface area contributed by atoms with E-state index in [-0.39, 0.29) is 5.25 Å². The topological polar surface area (TPSA) is 67.5 Å². The average molecular weight is 378 g/mol. The van der Waals surface area contributed by atoms with Crippen molar-refractivity contribution in [3.63, 3.8) is 0 Å². The highest BCUT2D eigenvalue weighted by atomic mass is 32.2. The number of nitrogens with zero attached hydrogens (tertiary/aromatic N) is 2. The SMILES string of the molecule is Cc1ccc(CN2Cc3cccn3CC(CCNS(=O)(=O)C3CC3)C2)o1. The van der Waals surface area contributed by atoms with Crippen molar-refractivity contribution in [2.24, 2.45) is 5.92 Å². The van der Waals surface area contributed by atoms with Gasteiger partial charge in [-0.2, -0.15) is 0 Å². The molecule has 1 N–H and O–H groups in total. The summed E-state index contributed by atoms with van der Waals surface area (Å²) < 4.78 is 34.9. The molecule has 0 bridgehead atoms. The van der Waals surface area contributed by atoms with Crippen molar-refractivity contribution in [3.8, 4) is 0 Å². The Kier molecular flexibility index (Phi) is 4.94. The molecule has 0 aromatic carbocycles. The van der Waals surface area contributed by atoms with E-state index in [4.69, 9.17) is 4.42 Å². The molecule has 6 nitrogen and oxygen atoms in total. The van der Waals surface area contributed by atoms with E-state index in [0.717, 1.165) is 57.0 Å². The van der Waals surface area contributed by atoms with E-state index in [0.29, 0.717) is 12.5 Å². The van der Waals surface area contributed by atoms with Gasteiger partial charge in [0.1, 0.15) is 11.5 Å². The van der Waals surface area contributed by atoms with Crippen molar-refractivity contribution in [2.45, 2.75) is 51.1 Å². The molecule has 1 fully saturated rings. The number of hydrogen-bond donors (Lipinski definition) is 1. The Bertz CT molecular complexity index is 851. The highest BCUT2D eigenvalue weighted by Crippen LogP contribution is 2.27. The summed E-state index contributed by atoms with van der Waals surface area (Å²) >= 11 is 0. The number of aryl methyl sites for hydroxylation is 1. The lowest BCUT2D eigenvalue weighted by molar-refractivity contribution is 0.200. The van der Waals surface area contributed by atoms with Crippen molar-refractivity contribution in [3.05, 3.63) is 47.7 Å². The molecule has 1 unspecified atom stereocenters. The van der Waals surface area contributed by atoms with E-state index in [1.807, 2.05) is 19.1 Å². The molecule has 2 aliphatic rings. The fraction of sp³-hybridized carbons (Fsp3) is 0.579. The van der Waals surface area contributed by atoms with Crippen LogP contribution in [-0.4, -0.2) is 36.2 Å². The zero-order valence-electron chi connectivity index (χ0n) is 15.2. The van der Waals surface area contributed by atoms with Crippen LogP contribution in [0.5, 0.6) is 0 Å². The maximum Gasteiger partial charge on any atom is 0.214 e. The van der Waals surface area contributed by atoms with Crippen LogP contribution in [0.3, 0.4) is 0 Å². The number of aromatic nitrogens is 1. The Hall–Kier alpha value is -1.57. The van der Waals surface area contributed by atoms with Crippen molar-refractivity contribution in [2.75, 3.05) is 13.1 Å². The Morgan fingerprint density at radius 3 is 2.81 bits per heavy atom. The highest BCUT2D eigenvalue weighted by Gasteiger charge is 2.35. The third kappa shape index (κ3) is 4.22. The first-order valence-electron chi connectivity index (χ1n) is 9.40. The van der Waals surface area contributed by atoms with E-state index < -0.39 is 10.0 Å². The molecule has 0 radical (unpaired) electrons. The number of rotatable bonds is 7. The fourth-order valence-corrected chi connectivity index (χ4v) is 5.16. The van der Waals surface area contributed by atoms with E-state index in [1.165, 1.54) is 5.69 Å². The van der Waals surface area contributed by atoms with Crippen LogP contribution in [0.1, 0.15) is 36.5 Å². The van der Waals surface area contributed by atoms with Gasteiger partial charge in [-0.05, 0) is 56.4 Å². The van der Waals surface area contributed by atoms with E-state index in [2.05, 4.69) is 32.5 Å². The van der Waals surface area contributed by atoms with Crippen LogP contribution in [0, 0.1) is 12.8 Å². The van der Waals surface area contributed by atoms with Crippen LogP contribution in [0.2, 0.25) is 0 Å². The minimum atomic E-state index is -3.09. The summed E-state index contributed by atoms with van der Waals surface area (Å²) in [5.41, 5.74) is 1.30. The second kappa shape index (κ2) is 7.21. The summed E-state index contributed by atoms with van der Waals surface area (Å²) in [6.45, 7) is 6.02. The van der Waals surface area contributed by atoms with Gasteiger partial charge in [0.25, 0.3) is 0 Å². The fourth-order valence-electron chi connectivity index (χ4n) is 3.76. The number of sulfonamides is 1. The van der Waals surface area contributed by atoms with Crippen LogP contribution in [0.4, 0.5) is 0 Å². The molecule has 1 aliphatic carbocycles. The lowest BCUT2D eigenvalue weighted by Gasteiger charge is -2.23. The Labute approximate surface area is 155 Å². The third-order valence-corrected chi connectivity index (χ3v) is 7.23. The number of furan rings is 1. The van der Waals surface area contributed by atoms with Gasteiger partial charge in [-0.25, -0.2) is 13.1 Å². The molecule has 3 heterocycles. The van der Waals surface area contributed by atoms with Gasteiger partial charge in [-0.3, -0.25) is 4.90 Å². The van der Waals surface area contributed by atoms with Crippen LogP contribution >= 0.6 is 0 Å². The largest absolute Gasteiger partial charge is 0.465 e. The first-order chi connectivity index (χ1) is 12.5. The Balaban J connectivity index is 1.40. The lowest BCUT2D eigenvalue weighted by atomic mass is 10.1. The van der Waals surface area contributed by atoms with Crippen LogP contribution in [0.25, 0.3) is 0 Å². The quantitative estimate of drug-likeness (QED) is 0.805. The molecule has 0 spiro atoms. The maximum atomic E-state index is 12.0. The molecular formula is C19H27N3O3S. The number of fused-ring (bicyclic) bond motifs is 1. The van der Waals surface area contributed by atoms with Gasteiger partial charge >= 0.3 is 0 Å². The number of nitrogens with one attached hydrogen (secondary N) is 1. The van der Waals surface area contributed by atoms with Gasteiger partial charge in [-0.1, -0.05) is 0 Å². The second-order valence-corrected chi connectivity index (χ2v) is 9.67. The second-order valence-electron chi connectivity index (χ2n) is 7.63. The van der Waals surface area contributed by atoms with E-state index in [9.17, 15) is 8.42 Å². The summed E-state index contributed by atoms with van der Waals surface area (Å²) in [6, 6.07) is 8.29. The maximum absolute atomic E-state index is 12.0. The molecule has 2 aromatic heterocycles. The molecule has 1 atom stereocenters. The van der Waals surface area contributed by atoms with Gasteiger partial charge < -0.3 is 8.98 Å². The summed E-state index contributed by atoms with van der Waals surface area (Å²) in [4.78, 5) is 2.40. The molecule has 0 amide bonds. The number of hydrogen-bond acceptors (Lipinski definition) is 4. The van der Waals surface area contributed by atoms with Crippen LogP contribution < -0.4 is 4.72 Å². The molecule has 4 rings (SSSR count). The monoisotopic (exact) mass is 377 g/mol. The summed E-state index contributed by atoms with van der Waals surface area (Å²) in [5.74, 6) is 2.32. The standard InChI is InChI=1S/C19H27N3O3S/c1-15-4-5-18(25-15)14-21-11-16(12-22-10-2-3-17(22)13-21)8-9-20-26(23,24)19-6-7-19/h2-5,10,16,19-20H,6-9,11-14H2,1H3. The normalized spacial score (nSPS) is 21.5. The van der Waals surface area contributed by atoms with Gasteiger partial charge in [0.05, 0.1) is 11.8 Å². The van der Waals surface area contributed by atoms with Gasteiger partial charge in [0, 0.05) is 38.1 Å². The molecule has 2 aromatic rings. The van der Waals surface area contributed by atoms with Crippen molar-refractivity contribution < 1.29 is 12.8 Å². The Morgan fingerprint density at radius 1 is 1.23 bits per heavy atom. The smallest absolute Gasteiger partial charge is 0.214 e. The van der Waals surface area contributed by atoms with Gasteiger partial charge in [0.2, 0.25) is 10.0 Å². The highest BCUT2D eigenvalue weighted by molar-refractivity contribution is 7.90. The Morgan fingerprint density at radius 2 is 2.08 bits per heavy atom. The lowest BCUT2D eigenvalue weighted by Crippen LogP contribution is -2.32. The van der Waals surface area contributed by atoms with Gasteiger partial charge in [-0.15, -0.1) is 0 Å². The van der Waals surface area contributed by atoms with Crippen molar-refractivity contribution in [1.29, 1.82) is 0 Å². The summed E-state index contributed by atoms with van der Waals surface area (Å²) in [5, 5.41) is -0.147. The zero-order valence-corrected chi connectivity index (χ0v) is 16.0. The zero-order chi connectivity index (χ0) is 18.1. The van der Waals surface area contributed by atoms with Crippen LogP contribution in [-0.2, 0) is 29.7 Å². The molecule has 1 aliphatic heterocycles. The first kappa shape index (κ1) is 17.8. The predicted octanol–water partition coefficient (Wildman–Crippen LogP) is 2.49. The molecule has 26 heavy (non-hydrogen) atoms. The average Bonchev–Trinajstić information content (AvgIpc) is 3.29. The predicted molar refractivity (Wildman–Crippen MR) is 100 cm³/mol. The first-order valence-corrected chi connectivity index (χ1v) is 10.9. The van der Waals surface area contributed by atoms with E-state index in [1.54, 1.807) is 0 Å². The summed E-state index contributed by atoms with van der Waals surface area (Å²) in [7, 11) is -3.09. The van der Waals surface area contributed by atoms with E-state index >= 15 is 0 Å². The molecule has 1 saturated carbocycles. The van der Waals surface area contributed by atoms with Crippen LogP contribution in [0.15, 0.2) is 34.9 Å². The molecule has 142 valence electrons. The molecule has 7 heteroatoms. The van der Waals surface area contributed by atoms with Crippen molar-refractivity contribution >= 4 is 10.0 Å². The van der Waals surface area contributed by atoms with Gasteiger partial charge in [0.15, 0.2) is 0 Å². The molecular weight excluding hydrogens is 350 g/mol. The minimum absolute atomic E-state index is 0.147. The minimum Gasteiger partial charge on any atom is -0.465 e. The summed E-state index contributed by atoms with van der Waals surface area (Å²) in [6.07, 6.45) is 4.58.